The third kappa shape index (κ3) is 2.85. The summed E-state index contributed by atoms with van der Waals surface area (Å²) >= 11 is 0. The zero-order chi connectivity index (χ0) is 12.7. The lowest BCUT2D eigenvalue weighted by atomic mass is 9.70. The Morgan fingerprint density at radius 1 is 0.632 bits per heavy atom. The summed E-state index contributed by atoms with van der Waals surface area (Å²) in [4.78, 5) is 0. The Bertz CT molecular complexity index is 262. The average Bonchev–Trinajstić information content (AvgIpc) is 2.38. The molecule has 4 rings (SSSR count). The summed E-state index contributed by atoms with van der Waals surface area (Å²) in [6, 6.07) is 3.33. The van der Waals surface area contributed by atoms with E-state index in [2.05, 4.69) is 10.6 Å². The van der Waals surface area contributed by atoms with Gasteiger partial charge in [0.2, 0.25) is 0 Å². The van der Waals surface area contributed by atoms with Crippen LogP contribution in [-0.4, -0.2) is 24.2 Å². The molecule has 4 aliphatic rings. The van der Waals surface area contributed by atoms with Crippen molar-refractivity contribution in [2.75, 3.05) is 0 Å². The Kier molecular flexibility index (Phi) is 3.57. The lowest BCUT2D eigenvalue weighted by molar-refractivity contribution is 0.128. The largest absolute Gasteiger partial charge is 0.311 e. The molecule has 2 saturated heterocycles. The van der Waals surface area contributed by atoms with Crippen LogP contribution in [0.4, 0.5) is 0 Å². The number of piperidine rings is 2. The third-order valence-corrected chi connectivity index (χ3v) is 6.31. The highest BCUT2D eigenvalue weighted by molar-refractivity contribution is 4.95. The standard InChI is InChI=1S/C17H30N2/c1-3-12-7-13(4-1)9-16(8-12)19-17-10-14-5-2-6-15(11-17)18-14/h12-19H,1-11H2. The van der Waals surface area contributed by atoms with E-state index in [0.717, 1.165) is 36.0 Å². The van der Waals surface area contributed by atoms with Crippen LogP contribution < -0.4 is 10.6 Å². The molecular weight excluding hydrogens is 232 g/mol. The van der Waals surface area contributed by atoms with Gasteiger partial charge in [0.15, 0.2) is 0 Å². The monoisotopic (exact) mass is 262 g/mol. The van der Waals surface area contributed by atoms with Gasteiger partial charge in [0.05, 0.1) is 0 Å². The van der Waals surface area contributed by atoms with E-state index in [4.69, 9.17) is 0 Å². The Balaban J connectivity index is 1.34. The molecule has 0 aromatic rings. The van der Waals surface area contributed by atoms with Crippen molar-refractivity contribution in [1.82, 2.24) is 10.6 Å². The van der Waals surface area contributed by atoms with Gasteiger partial charge in [-0.2, -0.15) is 0 Å². The Morgan fingerprint density at radius 2 is 1.21 bits per heavy atom. The van der Waals surface area contributed by atoms with E-state index in [-0.39, 0.29) is 0 Å². The van der Waals surface area contributed by atoms with E-state index in [1.165, 1.54) is 64.2 Å². The Morgan fingerprint density at radius 3 is 1.89 bits per heavy atom. The first-order valence-corrected chi connectivity index (χ1v) is 8.87. The molecule has 0 radical (unpaired) electrons. The van der Waals surface area contributed by atoms with Crippen molar-refractivity contribution >= 4 is 0 Å². The van der Waals surface area contributed by atoms with Gasteiger partial charge >= 0.3 is 0 Å². The molecule has 108 valence electrons. The van der Waals surface area contributed by atoms with Gasteiger partial charge in [-0.15, -0.1) is 0 Å². The summed E-state index contributed by atoms with van der Waals surface area (Å²) < 4.78 is 0. The van der Waals surface area contributed by atoms with E-state index in [0.29, 0.717) is 0 Å². The van der Waals surface area contributed by atoms with Gasteiger partial charge in [0, 0.05) is 24.2 Å². The highest BCUT2D eigenvalue weighted by Crippen LogP contribution is 2.40. The molecule has 2 saturated carbocycles. The van der Waals surface area contributed by atoms with Gasteiger partial charge in [0.25, 0.3) is 0 Å². The quantitative estimate of drug-likeness (QED) is 0.798. The molecule has 19 heavy (non-hydrogen) atoms. The highest BCUT2D eigenvalue weighted by Gasteiger charge is 2.35. The lowest BCUT2D eigenvalue weighted by Crippen LogP contribution is -2.56. The summed E-state index contributed by atoms with van der Waals surface area (Å²) in [7, 11) is 0. The zero-order valence-electron chi connectivity index (χ0n) is 12.2. The lowest BCUT2D eigenvalue weighted by Gasteiger charge is -2.45. The molecule has 4 unspecified atom stereocenters. The number of nitrogens with one attached hydrogen (secondary N) is 2. The van der Waals surface area contributed by atoms with E-state index in [9.17, 15) is 0 Å². The Hall–Kier alpha value is -0.0800. The molecule has 0 spiro atoms. The van der Waals surface area contributed by atoms with Crippen LogP contribution in [0.5, 0.6) is 0 Å². The van der Waals surface area contributed by atoms with Gasteiger partial charge < -0.3 is 10.6 Å². The van der Waals surface area contributed by atoms with E-state index < -0.39 is 0 Å². The second-order valence-electron chi connectivity index (χ2n) is 7.89. The molecule has 2 aliphatic carbocycles. The van der Waals surface area contributed by atoms with Gasteiger partial charge in [0.1, 0.15) is 0 Å². The van der Waals surface area contributed by atoms with Gasteiger partial charge in [-0.3, -0.25) is 0 Å². The smallest absolute Gasteiger partial charge is 0.00992 e. The fourth-order valence-corrected chi connectivity index (χ4v) is 5.60. The molecule has 2 heteroatoms. The SMILES string of the molecule is C1CC2CC(C1)CC(NC1CC3CCCC(C1)N3)C2. The predicted molar refractivity (Wildman–Crippen MR) is 79.2 cm³/mol. The molecule has 0 aromatic carbocycles. The predicted octanol–water partition coefficient (Wildman–Crippen LogP) is 3.22. The molecule has 2 nitrogen and oxygen atoms in total. The zero-order valence-corrected chi connectivity index (χ0v) is 12.2. The summed E-state index contributed by atoms with van der Waals surface area (Å²) in [5.41, 5.74) is 0. The molecule has 2 heterocycles. The number of fused-ring (bicyclic) bond motifs is 4. The second-order valence-corrected chi connectivity index (χ2v) is 7.89. The van der Waals surface area contributed by atoms with Crippen LogP contribution in [0.3, 0.4) is 0 Å². The molecule has 4 bridgehead atoms. The van der Waals surface area contributed by atoms with Crippen LogP contribution in [0.25, 0.3) is 0 Å². The summed E-state index contributed by atoms with van der Waals surface area (Å²) in [6.45, 7) is 0. The maximum absolute atomic E-state index is 4.08. The molecule has 2 N–H and O–H groups in total. The van der Waals surface area contributed by atoms with E-state index in [1.807, 2.05) is 0 Å². The van der Waals surface area contributed by atoms with Crippen molar-refractivity contribution in [2.45, 2.75) is 94.8 Å². The first-order chi connectivity index (χ1) is 9.35. The summed E-state index contributed by atoms with van der Waals surface area (Å²) in [5, 5.41) is 7.89. The third-order valence-electron chi connectivity index (χ3n) is 6.31. The fourth-order valence-electron chi connectivity index (χ4n) is 5.60. The fraction of sp³-hybridized carbons (Fsp3) is 1.00. The Labute approximate surface area is 118 Å². The number of hydrogen-bond acceptors (Lipinski definition) is 2. The molecule has 2 aliphatic heterocycles. The van der Waals surface area contributed by atoms with Crippen molar-refractivity contribution in [1.29, 1.82) is 0 Å². The minimum Gasteiger partial charge on any atom is -0.311 e. The van der Waals surface area contributed by atoms with Gasteiger partial charge in [-0.25, -0.2) is 0 Å². The molecule has 0 amide bonds. The molecule has 4 atom stereocenters. The van der Waals surface area contributed by atoms with Crippen LogP contribution in [0.15, 0.2) is 0 Å². The van der Waals surface area contributed by atoms with Crippen molar-refractivity contribution < 1.29 is 0 Å². The van der Waals surface area contributed by atoms with Crippen molar-refractivity contribution in [3.8, 4) is 0 Å². The minimum absolute atomic E-state index is 0.820. The number of rotatable bonds is 2. The maximum atomic E-state index is 4.08. The van der Waals surface area contributed by atoms with Crippen molar-refractivity contribution in [3.63, 3.8) is 0 Å². The maximum Gasteiger partial charge on any atom is 0.00992 e. The van der Waals surface area contributed by atoms with E-state index in [1.54, 1.807) is 6.42 Å². The average molecular weight is 262 g/mol. The van der Waals surface area contributed by atoms with Crippen molar-refractivity contribution in [3.05, 3.63) is 0 Å². The summed E-state index contributed by atoms with van der Waals surface area (Å²) in [6.07, 6.45) is 16.2. The minimum atomic E-state index is 0.820. The summed E-state index contributed by atoms with van der Waals surface area (Å²) in [5.74, 6) is 2.12. The molecule has 4 fully saturated rings. The van der Waals surface area contributed by atoms with Crippen LogP contribution in [0.1, 0.15) is 70.6 Å². The normalized spacial score (nSPS) is 49.9. The van der Waals surface area contributed by atoms with Gasteiger partial charge in [-0.1, -0.05) is 25.7 Å². The van der Waals surface area contributed by atoms with Crippen LogP contribution in [0, 0.1) is 11.8 Å². The molecule has 0 aromatic heterocycles. The van der Waals surface area contributed by atoms with Crippen LogP contribution >= 0.6 is 0 Å². The van der Waals surface area contributed by atoms with Crippen LogP contribution in [-0.2, 0) is 0 Å². The first kappa shape index (κ1) is 12.6. The van der Waals surface area contributed by atoms with E-state index >= 15 is 0 Å². The first-order valence-electron chi connectivity index (χ1n) is 8.87. The topological polar surface area (TPSA) is 24.1 Å². The van der Waals surface area contributed by atoms with Crippen molar-refractivity contribution in [2.24, 2.45) is 11.8 Å². The number of hydrogen-bond donors (Lipinski definition) is 2. The molecular formula is C17H30N2. The van der Waals surface area contributed by atoms with Crippen LogP contribution in [0.2, 0.25) is 0 Å². The second kappa shape index (κ2) is 5.37. The van der Waals surface area contributed by atoms with Gasteiger partial charge in [-0.05, 0) is 56.8 Å². The highest BCUT2D eigenvalue weighted by atomic mass is 15.0.